The summed E-state index contributed by atoms with van der Waals surface area (Å²) < 4.78 is 38.7. The molecule has 4 aromatic rings. The molecular formula is C48H60O6. The molecule has 0 aliphatic rings. The van der Waals surface area contributed by atoms with Gasteiger partial charge in [0.1, 0.15) is 0 Å². The number of benzene rings is 4. The maximum absolute atomic E-state index is 6.44. The van der Waals surface area contributed by atoms with Crippen LogP contribution in [0, 0.1) is 0 Å². The summed E-state index contributed by atoms with van der Waals surface area (Å²) in [6, 6.07) is 12.7. The van der Waals surface area contributed by atoms with Crippen LogP contribution in [0.2, 0.25) is 0 Å². The Kier molecular flexibility index (Phi) is 18.2. The quantitative estimate of drug-likeness (QED) is 0.0302. The molecular weight excluding hydrogens is 673 g/mol. The highest BCUT2D eigenvalue weighted by Crippen LogP contribution is 2.47. The van der Waals surface area contributed by atoms with Crippen molar-refractivity contribution < 1.29 is 28.4 Å². The predicted molar refractivity (Wildman–Crippen MR) is 229 cm³/mol. The standard InChI is InChI=1S/C48H60O6/c1-7-13-19-25-49-43-31-37-38(32-44(43)50-26-20-14-8-2)40-34-46(52-28-22-16-10-4)48(54-30-24-18-12-6)36-42(40)41-35-47(53-29-23-17-11-5)45(33-39(37)41)51-27-21-15-9-3/h7-12,31-36H,1-6,13-30H2. The minimum atomic E-state index is 0.543. The molecule has 0 aromatic heterocycles. The average Bonchev–Trinajstić information content (AvgIpc) is 3.19. The summed E-state index contributed by atoms with van der Waals surface area (Å²) in [4.78, 5) is 0. The van der Waals surface area contributed by atoms with Crippen LogP contribution in [0.25, 0.3) is 32.3 Å². The van der Waals surface area contributed by atoms with Crippen molar-refractivity contribution in [3.63, 3.8) is 0 Å². The summed E-state index contributed by atoms with van der Waals surface area (Å²) in [6.45, 7) is 26.5. The normalized spacial score (nSPS) is 10.9. The molecule has 0 aliphatic heterocycles. The second-order valence-corrected chi connectivity index (χ2v) is 13.2. The van der Waals surface area contributed by atoms with E-state index in [1.165, 1.54) is 0 Å². The van der Waals surface area contributed by atoms with Crippen LogP contribution in [0.1, 0.15) is 77.0 Å². The molecule has 0 aliphatic carbocycles. The Hall–Kier alpha value is -5.10. The Bertz CT molecular complexity index is 1480. The van der Waals surface area contributed by atoms with Gasteiger partial charge in [-0.25, -0.2) is 0 Å². The molecule has 4 aromatic carbocycles. The van der Waals surface area contributed by atoms with E-state index in [0.717, 1.165) is 109 Å². The predicted octanol–water partition coefficient (Wildman–Crippen LogP) is 13.2. The van der Waals surface area contributed by atoms with Crippen molar-refractivity contribution in [1.29, 1.82) is 0 Å². The molecule has 6 heteroatoms. The van der Waals surface area contributed by atoms with Gasteiger partial charge in [-0.1, -0.05) is 36.5 Å². The number of unbranched alkanes of at least 4 members (excludes halogenated alkanes) is 6. The highest BCUT2D eigenvalue weighted by molar-refractivity contribution is 6.26. The molecule has 0 saturated carbocycles. The molecule has 0 bridgehead atoms. The van der Waals surface area contributed by atoms with Crippen molar-refractivity contribution in [3.8, 4) is 34.5 Å². The van der Waals surface area contributed by atoms with Crippen LogP contribution < -0.4 is 28.4 Å². The lowest BCUT2D eigenvalue weighted by Crippen LogP contribution is -2.04. The van der Waals surface area contributed by atoms with E-state index in [1.807, 2.05) is 36.5 Å². The number of hydrogen-bond acceptors (Lipinski definition) is 6. The van der Waals surface area contributed by atoms with Gasteiger partial charge in [-0.15, -0.1) is 39.5 Å². The van der Waals surface area contributed by atoms with Crippen molar-refractivity contribution in [2.45, 2.75) is 77.0 Å². The number of fused-ring (bicyclic) bond motifs is 6. The molecule has 288 valence electrons. The van der Waals surface area contributed by atoms with Crippen LogP contribution in [0.15, 0.2) is 112 Å². The summed E-state index contributed by atoms with van der Waals surface area (Å²) in [5.74, 6) is 4.21. The first-order valence-electron chi connectivity index (χ1n) is 19.6. The summed E-state index contributed by atoms with van der Waals surface area (Å²) in [5.41, 5.74) is 0. The smallest absolute Gasteiger partial charge is 0.161 e. The highest BCUT2D eigenvalue weighted by Gasteiger charge is 2.20. The first-order valence-corrected chi connectivity index (χ1v) is 19.6. The Balaban J connectivity index is 2.02. The van der Waals surface area contributed by atoms with Crippen molar-refractivity contribution >= 4 is 32.3 Å². The molecule has 0 N–H and O–H groups in total. The van der Waals surface area contributed by atoms with Crippen LogP contribution in [0.5, 0.6) is 34.5 Å². The Morgan fingerprint density at radius 3 is 0.556 bits per heavy atom. The van der Waals surface area contributed by atoms with Crippen LogP contribution in [-0.4, -0.2) is 39.6 Å². The van der Waals surface area contributed by atoms with Gasteiger partial charge in [0, 0.05) is 0 Å². The van der Waals surface area contributed by atoms with Crippen LogP contribution in [-0.2, 0) is 0 Å². The monoisotopic (exact) mass is 732 g/mol. The molecule has 0 saturated heterocycles. The van der Waals surface area contributed by atoms with Gasteiger partial charge in [0.15, 0.2) is 34.5 Å². The number of hydrogen-bond donors (Lipinski definition) is 0. The maximum atomic E-state index is 6.44. The van der Waals surface area contributed by atoms with Gasteiger partial charge in [0.25, 0.3) is 0 Å². The van der Waals surface area contributed by atoms with E-state index in [0.29, 0.717) is 74.1 Å². The fraction of sp³-hybridized carbons (Fsp3) is 0.375. The van der Waals surface area contributed by atoms with Gasteiger partial charge in [-0.05, 0) is 146 Å². The van der Waals surface area contributed by atoms with E-state index < -0.39 is 0 Å². The molecule has 0 fully saturated rings. The van der Waals surface area contributed by atoms with Crippen molar-refractivity contribution in [2.24, 2.45) is 0 Å². The second kappa shape index (κ2) is 23.5. The van der Waals surface area contributed by atoms with Crippen molar-refractivity contribution in [1.82, 2.24) is 0 Å². The zero-order chi connectivity index (χ0) is 38.4. The Morgan fingerprint density at radius 1 is 0.278 bits per heavy atom. The lowest BCUT2D eigenvalue weighted by atomic mass is 9.93. The van der Waals surface area contributed by atoms with Crippen LogP contribution in [0.4, 0.5) is 0 Å². The Labute approximate surface area is 323 Å². The first-order chi connectivity index (χ1) is 26.6. The number of ether oxygens (including phenoxy) is 6. The number of rotatable bonds is 30. The fourth-order valence-electron chi connectivity index (χ4n) is 6.15. The van der Waals surface area contributed by atoms with Gasteiger partial charge in [-0.2, -0.15) is 0 Å². The van der Waals surface area contributed by atoms with E-state index in [9.17, 15) is 0 Å². The third-order valence-electron chi connectivity index (χ3n) is 8.98. The summed E-state index contributed by atoms with van der Waals surface area (Å²) in [7, 11) is 0. The first kappa shape index (κ1) is 41.7. The van der Waals surface area contributed by atoms with E-state index in [1.54, 1.807) is 0 Å². The maximum Gasteiger partial charge on any atom is 0.161 e. The minimum Gasteiger partial charge on any atom is -0.490 e. The molecule has 0 amide bonds. The van der Waals surface area contributed by atoms with Gasteiger partial charge >= 0.3 is 0 Å². The molecule has 0 spiro atoms. The van der Waals surface area contributed by atoms with Gasteiger partial charge < -0.3 is 28.4 Å². The highest BCUT2D eigenvalue weighted by atomic mass is 16.5. The molecule has 0 heterocycles. The molecule has 0 radical (unpaired) electrons. The molecule has 4 rings (SSSR count). The largest absolute Gasteiger partial charge is 0.490 e. The topological polar surface area (TPSA) is 55.4 Å². The van der Waals surface area contributed by atoms with Gasteiger partial charge in [0.05, 0.1) is 39.6 Å². The zero-order valence-corrected chi connectivity index (χ0v) is 32.3. The minimum absolute atomic E-state index is 0.543. The van der Waals surface area contributed by atoms with Crippen LogP contribution >= 0.6 is 0 Å². The molecule has 54 heavy (non-hydrogen) atoms. The second-order valence-electron chi connectivity index (χ2n) is 13.2. The summed E-state index contributed by atoms with van der Waals surface area (Å²) >= 11 is 0. The van der Waals surface area contributed by atoms with E-state index in [4.69, 9.17) is 28.4 Å². The average molecular weight is 733 g/mol. The Morgan fingerprint density at radius 2 is 0.426 bits per heavy atom. The SMILES string of the molecule is C=CCCCOc1cc2c3cc(OCCCC=C)c(OCCCC=C)cc3c3cc(OCCCC=C)c(OCCCC=C)cc3c2cc1OCCCC=C. The van der Waals surface area contributed by atoms with Gasteiger partial charge in [-0.3, -0.25) is 0 Å². The van der Waals surface area contributed by atoms with Gasteiger partial charge in [0.2, 0.25) is 0 Å². The lowest BCUT2D eigenvalue weighted by Gasteiger charge is -2.20. The molecule has 0 atom stereocenters. The number of allylic oxidation sites excluding steroid dienone is 6. The van der Waals surface area contributed by atoms with E-state index in [-0.39, 0.29) is 0 Å². The fourth-order valence-corrected chi connectivity index (χ4v) is 6.15. The summed E-state index contributed by atoms with van der Waals surface area (Å²) in [5, 5.41) is 6.09. The zero-order valence-electron chi connectivity index (χ0n) is 32.3. The summed E-state index contributed by atoms with van der Waals surface area (Å²) in [6.07, 6.45) is 21.8. The lowest BCUT2D eigenvalue weighted by molar-refractivity contribution is 0.264. The third-order valence-corrected chi connectivity index (χ3v) is 8.98. The van der Waals surface area contributed by atoms with E-state index >= 15 is 0 Å². The molecule has 6 nitrogen and oxygen atoms in total. The molecule has 0 unspecified atom stereocenters. The van der Waals surface area contributed by atoms with Crippen molar-refractivity contribution in [3.05, 3.63) is 112 Å². The third kappa shape index (κ3) is 12.0. The van der Waals surface area contributed by atoms with E-state index in [2.05, 4.69) is 75.9 Å². The van der Waals surface area contributed by atoms with Crippen molar-refractivity contribution in [2.75, 3.05) is 39.6 Å². The van der Waals surface area contributed by atoms with Crippen LogP contribution in [0.3, 0.4) is 0 Å².